The van der Waals surface area contributed by atoms with Crippen LogP contribution in [-0.4, -0.2) is 5.97 Å². The quantitative estimate of drug-likeness (QED) is 0.583. The minimum atomic E-state index is -0.0877. The molecule has 1 fully saturated rings. The van der Waals surface area contributed by atoms with E-state index in [1.54, 1.807) is 6.08 Å². The van der Waals surface area contributed by atoms with E-state index in [1.165, 1.54) is 5.57 Å². The van der Waals surface area contributed by atoms with Gasteiger partial charge in [-0.05, 0) is 36.3 Å². The molecule has 1 aliphatic carbocycles. The molecular weight excluding hydrogens is 260 g/mol. The lowest BCUT2D eigenvalue weighted by Gasteiger charge is -2.06. The number of hydrogen-bond donors (Lipinski definition) is 0. The molecule has 0 amide bonds. The molecule has 0 radical (unpaired) electrons. The molecule has 1 aromatic carbocycles. The van der Waals surface area contributed by atoms with Crippen molar-refractivity contribution < 1.29 is 9.53 Å². The molecule has 0 aliphatic heterocycles. The molecule has 1 saturated carbocycles. The number of rotatable bonds is 5. The molecule has 0 heterocycles. The summed E-state index contributed by atoms with van der Waals surface area (Å²) >= 11 is 0. The summed E-state index contributed by atoms with van der Waals surface area (Å²) in [6.07, 6.45) is 3.98. The lowest BCUT2D eigenvalue weighted by molar-refractivity contribution is -0.147. The van der Waals surface area contributed by atoms with Gasteiger partial charge in [0.05, 0.1) is 5.92 Å². The predicted molar refractivity (Wildman–Crippen MR) is 86.5 cm³/mol. The number of ether oxygens (including phenoxy) is 1. The summed E-state index contributed by atoms with van der Waals surface area (Å²) in [5.41, 5.74) is 3.34. The highest BCUT2D eigenvalue weighted by Gasteiger charge is 2.61. The molecular formula is C19H24O2. The second-order valence-electron chi connectivity index (χ2n) is 6.62. The van der Waals surface area contributed by atoms with Crippen LogP contribution in [0.25, 0.3) is 6.08 Å². The predicted octanol–water partition coefficient (Wildman–Crippen LogP) is 4.61. The molecule has 0 aromatic heterocycles. The maximum absolute atomic E-state index is 12.2. The van der Waals surface area contributed by atoms with Crippen LogP contribution in [0.5, 0.6) is 0 Å². The largest absolute Gasteiger partial charge is 0.461 e. The standard InChI is InChI=1S/C19H24O2/c1-6-14-7-9-15(10-8-14)12-21-18(20)17-16(11-13(2)3)19(17,4)5/h6-11,16-17H,1,12H2,2-5H3. The first-order valence-electron chi connectivity index (χ1n) is 7.39. The number of hydrogen-bond acceptors (Lipinski definition) is 2. The van der Waals surface area contributed by atoms with Crippen molar-refractivity contribution in [2.45, 2.75) is 34.3 Å². The van der Waals surface area contributed by atoms with Gasteiger partial charge in [0, 0.05) is 0 Å². The van der Waals surface area contributed by atoms with Gasteiger partial charge in [-0.15, -0.1) is 0 Å². The SMILES string of the molecule is C=Cc1ccc(COC(=O)C2C(C=C(C)C)C2(C)C)cc1. The Hall–Kier alpha value is -1.83. The molecule has 0 spiro atoms. The van der Waals surface area contributed by atoms with Crippen molar-refractivity contribution in [2.75, 3.05) is 0 Å². The third kappa shape index (κ3) is 3.44. The van der Waals surface area contributed by atoms with Crippen molar-refractivity contribution in [3.05, 3.63) is 53.6 Å². The van der Waals surface area contributed by atoms with Crippen molar-refractivity contribution in [1.82, 2.24) is 0 Å². The molecule has 112 valence electrons. The summed E-state index contributed by atoms with van der Waals surface area (Å²) < 4.78 is 5.48. The topological polar surface area (TPSA) is 26.3 Å². The van der Waals surface area contributed by atoms with Crippen LogP contribution in [0.2, 0.25) is 0 Å². The Kier molecular flexibility index (Phi) is 4.36. The number of carbonyl (C=O) groups is 1. The fourth-order valence-corrected chi connectivity index (χ4v) is 2.79. The summed E-state index contributed by atoms with van der Waals surface area (Å²) in [6.45, 7) is 12.4. The van der Waals surface area contributed by atoms with Gasteiger partial charge >= 0.3 is 5.97 Å². The highest BCUT2D eigenvalue weighted by molar-refractivity contribution is 5.78. The van der Waals surface area contributed by atoms with E-state index in [2.05, 4.69) is 40.3 Å². The van der Waals surface area contributed by atoms with Crippen LogP contribution < -0.4 is 0 Å². The first kappa shape index (κ1) is 15.6. The Morgan fingerprint density at radius 3 is 2.43 bits per heavy atom. The molecule has 1 aromatic rings. The van der Waals surface area contributed by atoms with E-state index in [0.29, 0.717) is 12.5 Å². The zero-order valence-electron chi connectivity index (χ0n) is 13.3. The zero-order valence-corrected chi connectivity index (χ0v) is 13.3. The van der Waals surface area contributed by atoms with E-state index >= 15 is 0 Å². The molecule has 1 aliphatic rings. The van der Waals surface area contributed by atoms with Gasteiger partial charge in [0.15, 0.2) is 0 Å². The first-order chi connectivity index (χ1) is 9.86. The van der Waals surface area contributed by atoms with Crippen molar-refractivity contribution in [3.8, 4) is 0 Å². The van der Waals surface area contributed by atoms with E-state index < -0.39 is 0 Å². The van der Waals surface area contributed by atoms with Gasteiger partial charge in [0.2, 0.25) is 0 Å². The van der Waals surface area contributed by atoms with E-state index in [4.69, 9.17) is 4.74 Å². The van der Waals surface area contributed by atoms with Crippen LogP contribution in [0.15, 0.2) is 42.5 Å². The van der Waals surface area contributed by atoms with Gasteiger partial charge < -0.3 is 4.74 Å². The Labute approximate surface area is 127 Å². The summed E-state index contributed by atoms with van der Waals surface area (Å²) in [7, 11) is 0. The second-order valence-corrected chi connectivity index (χ2v) is 6.62. The monoisotopic (exact) mass is 284 g/mol. The summed E-state index contributed by atoms with van der Waals surface area (Å²) in [6, 6.07) is 7.89. The van der Waals surface area contributed by atoms with Gasteiger partial charge in [-0.1, -0.05) is 62.4 Å². The van der Waals surface area contributed by atoms with Gasteiger partial charge in [-0.3, -0.25) is 4.79 Å². The fraction of sp³-hybridized carbons (Fsp3) is 0.421. The minimum Gasteiger partial charge on any atom is -0.461 e. The van der Waals surface area contributed by atoms with Gasteiger partial charge in [0.1, 0.15) is 6.61 Å². The molecule has 2 atom stereocenters. The summed E-state index contributed by atoms with van der Waals surface area (Å²) in [5.74, 6) is 0.202. The van der Waals surface area contributed by atoms with Crippen LogP contribution in [-0.2, 0) is 16.1 Å². The molecule has 2 heteroatoms. The molecule has 2 nitrogen and oxygen atoms in total. The maximum Gasteiger partial charge on any atom is 0.310 e. The number of esters is 1. The molecule has 2 rings (SSSR count). The highest BCUT2D eigenvalue weighted by atomic mass is 16.5. The molecule has 2 unspecified atom stereocenters. The number of benzene rings is 1. The van der Waals surface area contributed by atoms with E-state index in [9.17, 15) is 4.79 Å². The van der Waals surface area contributed by atoms with Crippen molar-refractivity contribution >= 4 is 12.0 Å². The second kappa shape index (κ2) is 5.88. The van der Waals surface area contributed by atoms with Crippen molar-refractivity contribution in [2.24, 2.45) is 17.3 Å². The average Bonchev–Trinajstić information content (AvgIpc) is 2.97. The van der Waals surface area contributed by atoms with Gasteiger partial charge in [0.25, 0.3) is 0 Å². The molecule has 21 heavy (non-hydrogen) atoms. The Balaban J connectivity index is 1.93. The molecule has 0 saturated heterocycles. The Morgan fingerprint density at radius 1 is 1.29 bits per heavy atom. The van der Waals surface area contributed by atoms with Gasteiger partial charge in [-0.25, -0.2) is 0 Å². The third-order valence-electron chi connectivity index (χ3n) is 4.27. The van der Waals surface area contributed by atoms with Crippen LogP contribution in [0.3, 0.4) is 0 Å². The van der Waals surface area contributed by atoms with Crippen molar-refractivity contribution in [3.63, 3.8) is 0 Å². The maximum atomic E-state index is 12.2. The van der Waals surface area contributed by atoms with Crippen LogP contribution in [0, 0.1) is 17.3 Å². The van der Waals surface area contributed by atoms with E-state index in [0.717, 1.165) is 11.1 Å². The van der Waals surface area contributed by atoms with Gasteiger partial charge in [-0.2, -0.15) is 0 Å². The lowest BCUT2D eigenvalue weighted by Crippen LogP contribution is -2.10. The molecule has 0 N–H and O–H groups in total. The van der Waals surface area contributed by atoms with E-state index in [-0.39, 0.29) is 17.3 Å². The summed E-state index contributed by atoms with van der Waals surface area (Å²) in [4.78, 5) is 12.2. The Bertz CT molecular complexity index is 560. The van der Waals surface area contributed by atoms with Crippen molar-refractivity contribution in [1.29, 1.82) is 0 Å². The fourth-order valence-electron chi connectivity index (χ4n) is 2.79. The van der Waals surface area contributed by atoms with Crippen LogP contribution >= 0.6 is 0 Å². The number of allylic oxidation sites excluding steroid dienone is 2. The first-order valence-corrected chi connectivity index (χ1v) is 7.39. The Morgan fingerprint density at radius 2 is 1.90 bits per heavy atom. The molecule has 0 bridgehead atoms. The zero-order chi connectivity index (χ0) is 15.6. The van der Waals surface area contributed by atoms with Crippen LogP contribution in [0.4, 0.5) is 0 Å². The average molecular weight is 284 g/mol. The smallest absolute Gasteiger partial charge is 0.310 e. The van der Waals surface area contributed by atoms with Crippen LogP contribution in [0.1, 0.15) is 38.8 Å². The van der Waals surface area contributed by atoms with E-state index in [1.807, 2.05) is 24.3 Å². The normalized spacial score (nSPS) is 22.3. The highest BCUT2D eigenvalue weighted by Crippen LogP contribution is 2.59. The minimum absolute atomic E-state index is 0.0140. The third-order valence-corrected chi connectivity index (χ3v) is 4.27. The lowest BCUT2D eigenvalue weighted by atomic mass is 10.1. The summed E-state index contributed by atoms with van der Waals surface area (Å²) in [5, 5.41) is 0. The number of carbonyl (C=O) groups excluding carboxylic acids is 1.